The predicted octanol–water partition coefficient (Wildman–Crippen LogP) is 3.23. The summed E-state index contributed by atoms with van der Waals surface area (Å²) in [6.45, 7) is 0.427. The van der Waals surface area contributed by atoms with Crippen LogP contribution in [0.2, 0.25) is 0 Å². The van der Waals surface area contributed by atoms with Crippen molar-refractivity contribution in [2.75, 3.05) is 28.1 Å². The molecule has 0 spiro atoms. The summed E-state index contributed by atoms with van der Waals surface area (Å²) in [5, 5.41) is 13.9. The number of fused-ring (bicyclic) bond motifs is 1. The molecule has 1 aromatic heterocycles. The van der Waals surface area contributed by atoms with Crippen molar-refractivity contribution in [3.05, 3.63) is 65.4 Å². The number of carbonyl (C=O) groups excluding carboxylic acids is 1. The van der Waals surface area contributed by atoms with Crippen LogP contribution in [0.3, 0.4) is 0 Å². The van der Waals surface area contributed by atoms with E-state index in [0.717, 1.165) is 41.5 Å². The summed E-state index contributed by atoms with van der Waals surface area (Å²) in [7, 11) is -4.02. The van der Waals surface area contributed by atoms with E-state index in [4.69, 9.17) is 0 Å². The molecule has 11 heteroatoms. The van der Waals surface area contributed by atoms with E-state index in [1.165, 1.54) is 18.3 Å². The first-order valence-electron chi connectivity index (χ1n) is 10.4. The maximum absolute atomic E-state index is 14.8. The lowest BCUT2D eigenvalue weighted by Gasteiger charge is -2.37. The zero-order valence-electron chi connectivity index (χ0n) is 17.6. The van der Waals surface area contributed by atoms with Gasteiger partial charge < -0.3 is 15.3 Å². The number of nitrogens with zero attached hydrogens (tertiary/aromatic N) is 2. The van der Waals surface area contributed by atoms with Gasteiger partial charge in [0.15, 0.2) is 5.13 Å². The number of aliphatic hydroxyl groups excluding tert-OH is 1. The number of hydrogen-bond donors (Lipinski definition) is 3. The summed E-state index contributed by atoms with van der Waals surface area (Å²) < 4.78 is 42.0. The molecule has 4 rings (SSSR count). The van der Waals surface area contributed by atoms with E-state index >= 15 is 0 Å². The molecule has 0 aliphatic carbocycles. The Hall–Kier alpha value is -3.02. The van der Waals surface area contributed by atoms with Crippen LogP contribution in [0.1, 0.15) is 18.4 Å². The molecule has 0 saturated heterocycles. The molecule has 174 valence electrons. The number of anilines is 3. The fraction of sp³-hybridized carbons (Fsp3) is 0.273. The Balaban J connectivity index is 1.53. The van der Waals surface area contributed by atoms with E-state index in [-0.39, 0.29) is 28.7 Å². The fourth-order valence-corrected chi connectivity index (χ4v) is 5.67. The van der Waals surface area contributed by atoms with Crippen molar-refractivity contribution in [1.82, 2.24) is 4.98 Å². The summed E-state index contributed by atoms with van der Waals surface area (Å²) in [6, 6.07) is 10.3. The van der Waals surface area contributed by atoms with Gasteiger partial charge in [0.1, 0.15) is 11.9 Å². The van der Waals surface area contributed by atoms with Crippen molar-refractivity contribution in [3.63, 3.8) is 0 Å². The van der Waals surface area contributed by atoms with Crippen LogP contribution in [-0.4, -0.2) is 43.6 Å². The molecule has 1 aliphatic rings. The lowest BCUT2D eigenvalue weighted by molar-refractivity contribution is -0.117. The van der Waals surface area contributed by atoms with Gasteiger partial charge >= 0.3 is 0 Å². The van der Waals surface area contributed by atoms with Crippen LogP contribution in [0.5, 0.6) is 0 Å². The number of carbonyl (C=O) groups is 1. The second kappa shape index (κ2) is 9.86. The zero-order chi connectivity index (χ0) is 23.4. The molecule has 0 unspecified atom stereocenters. The SMILES string of the molecule is O=C(Nc1ccc(S(=O)(=O)Nc2nccs2)cc1F)[C@H](CCO)N1CCCc2ccccc21. The first kappa shape index (κ1) is 23.1. The van der Waals surface area contributed by atoms with Crippen molar-refractivity contribution >= 4 is 43.8 Å². The highest BCUT2D eigenvalue weighted by Crippen LogP contribution is 2.30. The Morgan fingerprint density at radius 3 is 2.82 bits per heavy atom. The quantitative estimate of drug-likeness (QED) is 0.447. The van der Waals surface area contributed by atoms with Gasteiger partial charge in [0.2, 0.25) is 5.91 Å². The monoisotopic (exact) mass is 490 g/mol. The van der Waals surface area contributed by atoms with Gasteiger partial charge in [0.25, 0.3) is 10.0 Å². The van der Waals surface area contributed by atoms with Crippen molar-refractivity contribution in [2.45, 2.75) is 30.2 Å². The van der Waals surface area contributed by atoms with Crippen LogP contribution >= 0.6 is 11.3 Å². The number of amides is 1. The second-order valence-corrected chi connectivity index (χ2v) is 10.1. The van der Waals surface area contributed by atoms with Gasteiger partial charge in [-0.05, 0) is 49.1 Å². The maximum Gasteiger partial charge on any atom is 0.263 e. The molecule has 8 nitrogen and oxygen atoms in total. The number of benzene rings is 2. The van der Waals surface area contributed by atoms with E-state index < -0.39 is 27.8 Å². The number of para-hydroxylation sites is 1. The molecule has 0 bridgehead atoms. The molecule has 2 heterocycles. The topological polar surface area (TPSA) is 112 Å². The molecule has 3 N–H and O–H groups in total. The molecule has 1 atom stereocenters. The first-order chi connectivity index (χ1) is 15.9. The Bertz CT molecular complexity index is 1230. The summed E-state index contributed by atoms with van der Waals surface area (Å²) in [6.07, 6.45) is 3.39. The number of rotatable bonds is 8. The Morgan fingerprint density at radius 2 is 2.09 bits per heavy atom. The molecule has 0 saturated carbocycles. The number of aryl methyl sites for hydroxylation is 1. The van der Waals surface area contributed by atoms with Crippen LogP contribution in [0.15, 0.2) is 58.9 Å². The van der Waals surface area contributed by atoms with E-state index in [2.05, 4.69) is 15.0 Å². The molecule has 33 heavy (non-hydrogen) atoms. The average Bonchev–Trinajstić information content (AvgIpc) is 3.30. The van der Waals surface area contributed by atoms with Crippen LogP contribution in [0.25, 0.3) is 0 Å². The molecule has 0 fully saturated rings. The van der Waals surface area contributed by atoms with E-state index in [0.29, 0.717) is 6.54 Å². The molecular weight excluding hydrogens is 467 g/mol. The third-order valence-corrected chi connectivity index (χ3v) is 7.54. The van der Waals surface area contributed by atoms with Crippen LogP contribution in [0, 0.1) is 5.82 Å². The number of aliphatic hydroxyl groups is 1. The molecule has 1 aliphatic heterocycles. The van der Waals surface area contributed by atoms with Crippen molar-refractivity contribution < 1.29 is 22.7 Å². The van der Waals surface area contributed by atoms with Gasteiger partial charge in [-0.3, -0.25) is 9.52 Å². The van der Waals surface area contributed by atoms with Crippen molar-refractivity contribution in [3.8, 4) is 0 Å². The van der Waals surface area contributed by atoms with Gasteiger partial charge in [0, 0.05) is 30.4 Å². The smallest absolute Gasteiger partial charge is 0.263 e. The largest absolute Gasteiger partial charge is 0.396 e. The normalized spacial score (nSPS) is 14.4. The minimum Gasteiger partial charge on any atom is -0.396 e. The van der Waals surface area contributed by atoms with Gasteiger partial charge in [-0.25, -0.2) is 17.8 Å². The van der Waals surface area contributed by atoms with Crippen molar-refractivity contribution in [2.24, 2.45) is 0 Å². The van der Waals surface area contributed by atoms with Gasteiger partial charge in [-0.15, -0.1) is 11.3 Å². The first-order valence-corrected chi connectivity index (χ1v) is 12.7. The molecule has 2 aromatic carbocycles. The average molecular weight is 491 g/mol. The fourth-order valence-electron chi connectivity index (χ4n) is 3.87. The van der Waals surface area contributed by atoms with Crippen LogP contribution in [-0.2, 0) is 21.2 Å². The Kier molecular flexibility index (Phi) is 6.91. The van der Waals surface area contributed by atoms with Crippen LogP contribution in [0.4, 0.5) is 20.9 Å². The lowest BCUT2D eigenvalue weighted by Crippen LogP contribution is -2.47. The van der Waals surface area contributed by atoms with Crippen molar-refractivity contribution in [1.29, 1.82) is 0 Å². The van der Waals surface area contributed by atoms with Crippen LogP contribution < -0.4 is 14.9 Å². The number of hydrogen-bond acceptors (Lipinski definition) is 7. The zero-order valence-corrected chi connectivity index (χ0v) is 19.2. The van der Waals surface area contributed by atoms with Gasteiger partial charge in [-0.2, -0.15) is 0 Å². The van der Waals surface area contributed by atoms with E-state index in [9.17, 15) is 22.7 Å². The Labute approximate surface area is 195 Å². The second-order valence-electron chi connectivity index (χ2n) is 7.53. The predicted molar refractivity (Wildman–Crippen MR) is 126 cm³/mol. The summed E-state index contributed by atoms with van der Waals surface area (Å²) in [4.78, 5) is 18.6. The standard InChI is InChI=1S/C22H23FN4O4S2/c23-17-14-16(33(30,31)26-22-24-10-13-32-22)7-8-18(17)25-21(29)20(9-12-28)27-11-3-5-15-4-1-2-6-19(15)27/h1-2,4,6-8,10,13-14,20,28H,3,5,9,11-12H2,(H,24,26)(H,25,29)/t20-/m0/s1. The highest BCUT2D eigenvalue weighted by molar-refractivity contribution is 7.93. The number of nitrogens with one attached hydrogen (secondary N) is 2. The van der Waals surface area contributed by atoms with E-state index in [1.807, 2.05) is 29.2 Å². The number of thiazole rings is 1. The summed E-state index contributed by atoms with van der Waals surface area (Å²) in [5.74, 6) is -1.36. The Morgan fingerprint density at radius 1 is 1.27 bits per heavy atom. The minimum absolute atomic E-state index is 0.138. The maximum atomic E-state index is 14.8. The van der Waals surface area contributed by atoms with Gasteiger partial charge in [-0.1, -0.05) is 18.2 Å². The summed E-state index contributed by atoms with van der Waals surface area (Å²) in [5.41, 5.74) is 1.90. The number of halogens is 1. The highest BCUT2D eigenvalue weighted by Gasteiger charge is 2.30. The lowest BCUT2D eigenvalue weighted by atomic mass is 9.98. The number of aromatic nitrogens is 1. The van der Waals surface area contributed by atoms with Gasteiger partial charge in [0.05, 0.1) is 10.6 Å². The third kappa shape index (κ3) is 5.15. The number of sulfonamides is 1. The third-order valence-electron chi connectivity index (χ3n) is 5.39. The molecule has 0 radical (unpaired) electrons. The minimum atomic E-state index is -4.02. The molecule has 1 amide bonds. The molecular formula is C22H23FN4O4S2. The molecule has 3 aromatic rings. The summed E-state index contributed by atoms with van der Waals surface area (Å²) >= 11 is 1.10. The highest BCUT2D eigenvalue weighted by atomic mass is 32.2. The van der Waals surface area contributed by atoms with E-state index in [1.54, 1.807) is 5.38 Å².